The lowest BCUT2D eigenvalue weighted by molar-refractivity contribution is -0.142. The summed E-state index contributed by atoms with van der Waals surface area (Å²) in [5.74, 6) is -4.45. The lowest BCUT2D eigenvalue weighted by Crippen LogP contribution is -2.59. The van der Waals surface area contributed by atoms with Gasteiger partial charge in [0.15, 0.2) is 11.3 Å². The van der Waals surface area contributed by atoms with Crippen molar-refractivity contribution >= 4 is 23.0 Å². The molecular formula is C28H27F5N4O5. The Morgan fingerprint density at radius 2 is 1.98 bits per heavy atom. The number of pyridine rings is 1. The van der Waals surface area contributed by atoms with Crippen LogP contribution in [0.5, 0.6) is 5.75 Å². The Morgan fingerprint density at radius 1 is 1.26 bits per heavy atom. The van der Waals surface area contributed by atoms with Gasteiger partial charge in [-0.15, -0.1) is 0 Å². The summed E-state index contributed by atoms with van der Waals surface area (Å²) >= 11 is 0. The van der Waals surface area contributed by atoms with E-state index in [1.54, 1.807) is 20.8 Å². The second-order valence-corrected chi connectivity index (χ2v) is 10.8. The molecule has 1 fully saturated rings. The molecule has 1 aliphatic heterocycles. The zero-order chi connectivity index (χ0) is 31.0. The van der Waals surface area contributed by atoms with Crippen molar-refractivity contribution in [2.45, 2.75) is 64.5 Å². The van der Waals surface area contributed by atoms with E-state index in [2.05, 4.69) is 10.3 Å². The number of nitrogens with one attached hydrogen (secondary N) is 1. The smallest absolute Gasteiger partial charge is 0.433 e. The molecule has 1 aromatic carbocycles. The maximum absolute atomic E-state index is 15.1. The molecule has 3 aromatic rings. The van der Waals surface area contributed by atoms with E-state index >= 15 is 8.78 Å². The van der Waals surface area contributed by atoms with E-state index in [0.717, 1.165) is 11.1 Å². The summed E-state index contributed by atoms with van der Waals surface area (Å²) < 4.78 is 86.4. The number of carbonyl (C=O) groups is 2. The maximum atomic E-state index is 15.1. The van der Waals surface area contributed by atoms with Crippen LogP contribution in [0.15, 0.2) is 34.9 Å². The molecule has 0 saturated carbocycles. The Bertz CT molecular complexity index is 1550. The summed E-state index contributed by atoms with van der Waals surface area (Å²) in [6.45, 7) is 4.63. The van der Waals surface area contributed by atoms with Crippen LogP contribution in [0.2, 0.25) is 0 Å². The molecule has 14 heteroatoms. The Hall–Kier alpha value is -4.41. The number of hydrogen-bond acceptors (Lipinski definition) is 7. The van der Waals surface area contributed by atoms with Gasteiger partial charge in [0.25, 0.3) is 11.8 Å². The van der Waals surface area contributed by atoms with E-state index in [0.29, 0.717) is 0 Å². The highest BCUT2D eigenvalue weighted by Gasteiger charge is 2.47. The second-order valence-electron chi connectivity index (χ2n) is 10.8. The number of piperidine rings is 1. The fourth-order valence-corrected chi connectivity index (χ4v) is 4.54. The van der Waals surface area contributed by atoms with Gasteiger partial charge in [0.05, 0.1) is 23.7 Å². The van der Waals surface area contributed by atoms with Crippen LogP contribution in [0.3, 0.4) is 0 Å². The van der Waals surface area contributed by atoms with Gasteiger partial charge < -0.3 is 24.1 Å². The molecule has 1 N–H and O–H groups in total. The van der Waals surface area contributed by atoms with Crippen LogP contribution in [-0.2, 0) is 17.5 Å². The molecule has 1 aliphatic rings. The van der Waals surface area contributed by atoms with Gasteiger partial charge in [-0.1, -0.05) is 6.07 Å². The molecule has 1 saturated heterocycles. The van der Waals surface area contributed by atoms with Crippen LogP contribution in [0.1, 0.15) is 60.1 Å². The summed E-state index contributed by atoms with van der Waals surface area (Å²) in [6, 6.07) is 5.27. The maximum Gasteiger partial charge on any atom is 0.433 e. The monoisotopic (exact) mass is 594 g/mol. The van der Waals surface area contributed by atoms with Crippen molar-refractivity contribution in [1.29, 1.82) is 5.26 Å². The number of alkyl halides is 5. The first kappa shape index (κ1) is 30.5. The van der Waals surface area contributed by atoms with E-state index in [1.165, 1.54) is 31.2 Å². The lowest BCUT2D eigenvalue weighted by atomic mass is 9.99. The van der Waals surface area contributed by atoms with Crippen LogP contribution in [0.25, 0.3) is 11.0 Å². The van der Waals surface area contributed by atoms with Crippen molar-refractivity contribution in [2.75, 3.05) is 13.1 Å². The molecule has 2 aromatic heterocycles. The first-order valence-electron chi connectivity index (χ1n) is 12.8. The highest BCUT2D eigenvalue weighted by Crippen LogP contribution is 2.35. The number of benzene rings is 1. The molecule has 9 nitrogen and oxygen atoms in total. The average Bonchev–Trinajstić information content (AvgIpc) is 3.22. The Balaban J connectivity index is 1.57. The Morgan fingerprint density at radius 3 is 2.60 bits per heavy atom. The number of halogens is 5. The third-order valence-corrected chi connectivity index (χ3v) is 6.40. The standard InChI is InChI=1S/C28H27F5N4O5/c1-15-21(24(38)36-20-7-9-37(14-27(20,29)30)25(39)42-26(2,3)4)19-11-18(10-17(12-34)22(19)41-15)40-13-16-6-5-8-35-23(16)28(31,32)33/h5-6,8,10-11,20H,7,9,13-14H2,1-4H3,(H,36,38). The number of hydrogen-bond donors (Lipinski definition) is 1. The van der Waals surface area contributed by atoms with Crippen LogP contribution in [0.4, 0.5) is 26.7 Å². The van der Waals surface area contributed by atoms with Crippen LogP contribution >= 0.6 is 0 Å². The van der Waals surface area contributed by atoms with Crippen molar-refractivity contribution in [3.8, 4) is 11.8 Å². The number of nitrogens with zero attached hydrogens (tertiary/aromatic N) is 3. The largest absolute Gasteiger partial charge is 0.489 e. The Labute approximate surface area is 237 Å². The van der Waals surface area contributed by atoms with Crippen molar-refractivity contribution in [3.05, 3.63) is 58.6 Å². The summed E-state index contributed by atoms with van der Waals surface area (Å²) in [7, 11) is 0. The number of aryl methyl sites for hydroxylation is 1. The second kappa shape index (κ2) is 11.1. The molecular weight excluding hydrogens is 567 g/mol. The normalized spacial score (nSPS) is 17.0. The summed E-state index contributed by atoms with van der Waals surface area (Å²) in [5.41, 5.74) is -2.51. The fourth-order valence-electron chi connectivity index (χ4n) is 4.54. The molecule has 2 amide bonds. The van der Waals surface area contributed by atoms with E-state index in [9.17, 15) is 28.0 Å². The van der Waals surface area contributed by atoms with E-state index in [-0.39, 0.29) is 52.1 Å². The van der Waals surface area contributed by atoms with Crippen molar-refractivity contribution in [3.63, 3.8) is 0 Å². The number of fused-ring (bicyclic) bond motifs is 1. The van der Waals surface area contributed by atoms with E-state index in [4.69, 9.17) is 13.9 Å². The third-order valence-electron chi connectivity index (χ3n) is 6.40. The average molecular weight is 595 g/mol. The minimum Gasteiger partial charge on any atom is -0.489 e. The topological polar surface area (TPSA) is 118 Å². The van der Waals surface area contributed by atoms with Gasteiger partial charge in [-0.2, -0.15) is 18.4 Å². The molecule has 0 bridgehead atoms. The van der Waals surface area contributed by atoms with Gasteiger partial charge in [0.1, 0.15) is 29.8 Å². The number of ether oxygens (including phenoxy) is 2. The van der Waals surface area contributed by atoms with Gasteiger partial charge in [0.2, 0.25) is 0 Å². The summed E-state index contributed by atoms with van der Waals surface area (Å²) in [5, 5.41) is 12.0. The van der Waals surface area contributed by atoms with Gasteiger partial charge in [-0.05, 0) is 46.2 Å². The minimum atomic E-state index is -4.72. The van der Waals surface area contributed by atoms with Crippen LogP contribution < -0.4 is 10.1 Å². The molecule has 1 atom stereocenters. The fraction of sp³-hybridized carbons (Fsp3) is 0.429. The molecule has 4 rings (SSSR count). The number of rotatable bonds is 5. The zero-order valence-corrected chi connectivity index (χ0v) is 23.1. The Kier molecular flexibility index (Phi) is 8.08. The van der Waals surface area contributed by atoms with Gasteiger partial charge >= 0.3 is 12.3 Å². The number of furan rings is 1. The molecule has 1 unspecified atom stereocenters. The predicted octanol–water partition coefficient (Wildman–Crippen LogP) is 5.98. The van der Waals surface area contributed by atoms with Crippen molar-refractivity contribution in [1.82, 2.24) is 15.2 Å². The molecule has 0 spiro atoms. The first-order valence-corrected chi connectivity index (χ1v) is 12.8. The van der Waals surface area contributed by atoms with Gasteiger partial charge in [-0.3, -0.25) is 9.78 Å². The quantitative estimate of drug-likeness (QED) is 0.361. The zero-order valence-electron chi connectivity index (χ0n) is 23.1. The van der Waals surface area contributed by atoms with E-state index < -0.39 is 54.6 Å². The number of amides is 2. The first-order chi connectivity index (χ1) is 19.5. The minimum absolute atomic E-state index is 0.0173. The molecule has 224 valence electrons. The number of aromatic nitrogens is 1. The number of carbonyl (C=O) groups excluding carboxylic acids is 2. The molecule has 0 aliphatic carbocycles. The number of likely N-dealkylation sites (tertiary alicyclic amines) is 1. The third kappa shape index (κ3) is 6.56. The van der Waals surface area contributed by atoms with Gasteiger partial charge in [-0.25, -0.2) is 13.6 Å². The van der Waals surface area contributed by atoms with Gasteiger partial charge in [0, 0.05) is 29.8 Å². The van der Waals surface area contributed by atoms with Crippen LogP contribution in [-0.4, -0.2) is 52.5 Å². The van der Waals surface area contributed by atoms with Crippen molar-refractivity contribution in [2.24, 2.45) is 0 Å². The summed E-state index contributed by atoms with van der Waals surface area (Å²) in [4.78, 5) is 29.8. The van der Waals surface area contributed by atoms with Crippen LogP contribution in [0, 0.1) is 18.3 Å². The SMILES string of the molecule is Cc1oc2c(C#N)cc(OCc3cccnc3C(F)(F)F)cc2c1C(=O)NC1CCN(C(=O)OC(C)(C)C)CC1(F)F. The molecule has 3 heterocycles. The van der Waals surface area contributed by atoms with E-state index in [1.807, 2.05) is 6.07 Å². The highest BCUT2D eigenvalue weighted by atomic mass is 19.4. The van der Waals surface area contributed by atoms with Crippen molar-refractivity contribution < 1.29 is 45.4 Å². The lowest BCUT2D eigenvalue weighted by Gasteiger charge is -2.38. The summed E-state index contributed by atoms with van der Waals surface area (Å²) in [6.07, 6.45) is -4.89. The molecule has 42 heavy (non-hydrogen) atoms. The molecule has 0 radical (unpaired) electrons. The highest BCUT2D eigenvalue weighted by molar-refractivity contribution is 6.08. The number of nitriles is 1. The predicted molar refractivity (Wildman–Crippen MR) is 138 cm³/mol.